The molecular weight excluding hydrogens is 382 g/mol. The molecular formula is C19H21N3O3S2. The van der Waals surface area contributed by atoms with Crippen LogP contribution in [0.15, 0.2) is 33.0 Å². The van der Waals surface area contributed by atoms with Crippen LogP contribution in [0.1, 0.15) is 35.0 Å². The van der Waals surface area contributed by atoms with E-state index in [-0.39, 0.29) is 11.4 Å². The Labute approximate surface area is 165 Å². The summed E-state index contributed by atoms with van der Waals surface area (Å²) in [6.45, 7) is 7.60. The Morgan fingerprint density at radius 3 is 2.89 bits per heavy atom. The molecule has 1 fully saturated rings. The fourth-order valence-corrected chi connectivity index (χ4v) is 5.09. The van der Waals surface area contributed by atoms with Crippen molar-refractivity contribution in [2.75, 3.05) is 19.8 Å². The Kier molecular flexibility index (Phi) is 4.96. The minimum Gasteiger partial charge on any atom is -0.451 e. The van der Waals surface area contributed by atoms with Gasteiger partial charge in [-0.1, -0.05) is 41.3 Å². The largest absolute Gasteiger partial charge is 0.451 e. The Morgan fingerprint density at radius 2 is 2.15 bits per heavy atom. The Morgan fingerprint density at radius 1 is 1.33 bits per heavy atom. The van der Waals surface area contributed by atoms with Crippen LogP contribution in [-0.4, -0.2) is 46.3 Å². The minimum absolute atomic E-state index is 0.0801. The van der Waals surface area contributed by atoms with Gasteiger partial charge in [0.05, 0.1) is 18.8 Å². The molecule has 4 rings (SSSR count). The van der Waals surface area contributed by atoms with Gasteiger partial charge in [0.25, 0.3) is 5.91 Å². The molecule has 6 nitrogen and oxygen atoms in total. The van der Waals surface area contributed by atoms with E-state index in [1.165, 1.54) is 0 Å². The number of thioether (sulfide) groups is 1. The number of carbonyl (C=O) groups excluding carboxylic acids is 1. The van der Waals surface area contributed by atoms with Crippen molar-refractivity contribution in [3.8, 4) is 0 Å². The molecule has 2 aromatic heterocycles. The van der Waals surface area contributed by atoms with Crippen LogP contribution in [-0.2, 0) is 10.5 Å². The minimum atomic E-state index is -0.366. The molecule has 1 saturated heterocycles. The molecule has 0 saturated carbocycles. The highest BCUT2D eigenvalue weighted by Gasteiger charge is 2.37. The molecule has 1 aromatic carbocycles. The van der Waals surface area contributed by atoms with Gasteiger partial charge in [-0.2, -0.15) is 0 Å². The summed E-state index contributed by atoms with van der Waals surface area (Å²) in [5.74, 6) is 0.945. The average molecular weight is 404 g/mol. The van der Waals surface area contributed by atoms with Crippen molar-refractivity contribution < 1.29 is 13.9 Å². The lowest BCUT2D eigenvalue weighted by Gasteiger charge is -2.41. The summed E-state index contributed by atoms with van der Waals surface area (Å²) in [6.07, 6.45) is 0. The first-order valence-corrected chi connectivity index (χ1v) is 10.6. The lowest BCUT2D eigenvalue weighted by Crippen LogP contribution is -2.55. The van der Waals surface area contributed by atoms with Gasteiger partial charge in [-0.3, -0.25) is 4.79 Å². The molecule has 1 amide bonds. The molecule has 3 heterocycles. The maximum atomic E-state index is 13.4. The molecule has 142 valence electrons. The number of aromatic nitrogens is 2. The van der Waals surface area contributed by atoms with Gasteiger partial charge in [0.15, 0.2) is 10.1 Å². The number of hydrogen-bond donors (Lipinski definition) is 0. The molecule has 0 radical (unpaired) electrons. The van der Waals surface area contributed by atoms with Crippen molar-refractivity contribution in [1.82, 2.24) is 15.1 Å². The molecule has 27 heavy (non-hydrogen) atoms. The molecule has 1 aliphatic heterocycles. The zero-order valence-corrected chi connectivity index (χ0v) is 17.2. The topological polar surface area (TPSA) is 68.5 Å². The molecule has 0 aliphatic carbocycles. The molecule has 0 spiro atoms. The molecule has 0 atom stereocenters. The van der Waals surface area contributed by atoms with E-state index in [2.05, 4.69) is 10.2 Å². The normalized spacial score (nSPS) is 16.8. The van der Waals surface area contributed by atoms with Gasteiger partial charge >= 0.3 is 0 Å². The summed E-state index contributed by atoms with van der Waals surface area (Å²) in [7, 11) is 0. The van der Waals surface area contributed by atoms with E-state index in [4.69, 9.17) is 9.15 Å². The molecule has 8 heteroatoms. The summed E-state index contributed by atoms with van der Waals surface area (Å²) in [5.41, 5.74) is 1.28. The third-order valence-electron chi connectivity index (χ3n) is 4.63. The predicted octanol–water partition coefficient (Wildman–Crippen LogP) is 4.14. The second-order valence-corrected chi connectivity index (χ2v) is 9.51. The third-order valence-corrected chi connectivity index (χ3v) is 6.63. The first-order valence-electron chi connectivity index (χ1n) is 8.79. The standard InChI is InChI=1S/C19H21N3O3S2/c1-12-20-21-18(27-12)26-10-14-13-6-4-5-7-15(13)25-16(14)17(23)22-8-9-24-11-19(22,2)3/h4-7H,8-11H2,1-3H3. The number of hydrogen-bond acceptors (Lipinski definition) is 7. The second-order valence-electron chi connectivity index (χ2n) is 7.10. The van der Waals surface area contributed by atoms with Crippen LogP contribution < -0.4 is 0 Å². The van der Waals surface area contributed by atoms with Crippen LogP contribution in [0, 0.1) is 6.92 Å². The summed E-state index contributed by atoms with van der Waals surface area (Å²) < 4.78 is 12.5. The number of carbonyl (C=O) groups is 1. The summed E-state index contributed by atoms with van der Waals surface area (Å²) in [4.78, 5) is 15.2. The number of nitrogens with zero attached hydrogens (tertiary/aromatic N) is 3. The molecule has 0 unspecified atom stereocenters. The van der Waals surface area contributed by atoms with Crippen molar-refractivity contribution in [2.45, 2.75) is 36.4 Å². The number of ether oxygens (including phenoxy) is 1. The highest BCUT2D eigenvalue weighted by molar-refractivity contribution is 8.00. The summed E-state index contributed by atoms with van der Waals surface area (Å²) in [6, 6.07) is 7.79. The number of fused-ring (bicyclic) bond motifs is 1. The van der Waals surface area contributed by atoms with E-state index in [1.807, 2.05) is 49.9 Å². The van der Waals surface area contributed by atoms with Gasteiger partial charge in [0.1, 0.15) is 10.6 Å². The quantitative estimate of drug-likeness (QED) is 0.610. The Balaban J connectivity index is 1.70. The fraction of sp³-hybridized carbons (Fsp3) is 0.421. The number of rotatable bonds is 4. The van der Waals surface area contributed by atoms with E-state index in [0.29, 0.717) is 31.3 Å². The molecule has 3 aromatic rings. The fourth-order valence-electron chi connectivity index (χ4n) is 3.24. The number of para-hydroxylation sites is 1. The summed E-state index contributed by atoms with van der Waals surface area (Å²) in [5, 5.41) is 10.1. The van der Waals surface area contributed by atoms with Crippen molar-refractivity contribution in [2.24, 2.45) is 0 Å². The second kappa shape index (κ2) is 7.26. The van der Waals surface area contributed by atoms with Crippen LogP contribution in [0.25, 0.3) is 11.0 Å². The average Bonchev–Trinajstić information content (AvgIpc) is 3.22. The van der Waals surface area contributed by atoms with Gasteiger partial charge in [-0.15, -0.1) is 10.2 Å². The number of furan rings is 1. The van der Waals surface area contributed by atoms with E-state index in [9.17, 15) is 4.79 Å². The van der Waals surface area contributed by atoms with E-state index in [0.717, 1.165) is 25.9 Å². The SMILES string of the molecule is Cc1nnc(SCc2c(C(=O)N3CCOCC3(C)C)oc3ccccc23)s1. The molecule has 0 bridgehead atoms. The number of amides is 1. The lowest BCUT2D eigenvalue weighted by atomic mass is 10.0. The first kappa shape index (κ1) is 18.5. The zero-order chi connectivity index (χ0) is 19.0. The van der Waals surface area contributed by atoms with Crippen molar-refractivity contribution in [1.29, 1.82) is 0 Å². The van der Waals surface area contributed by atoms with Gasteiger partial charge in [0.2, 0.25) is 0 Å². The van der Waals surface area contributed by atoms with Gasteiger partial charge in [-0.05, 0) is 26.8 Å². The van der Waals surface area contributed by atoms with Crippen LogP contribution in [0.3, 0.4) is 0 Å². The highest BCUT2D eigenvalue weighted by atomic mass is 32.2. The molecule has 1 aliphatic rings. The van der Waals surface area contributed by atoms with Gasteiger partial charge < -0.3 is 14.1 Å². The molecule has 0 N–H and O–H groups in total. The number of aryl methyl sites for hydroxylation is 1. The van der Waals surface area contributed by atoms with E-state index >= 15 is 0 Å². The van der Waals surface area contributed by atoms with Crippen LogP contribution in [0.4, 0.5) is 0 Å². The monoisotopic (exact) mass is 403 g/mol. The predicted molar refractivity (Wildman–Crippen MR) is 106 cm³/mol. The van der Waals surface area contributed by atoms with Gasteiger partial charge in [-0.25, -0.2) is 0 Å². The van der Waals surface area contributed by atoms with Crippen molar-refractivity contribution in [3.05, 3.63) is 40.6 Å². The lowest BCUT2D eigenvalue weighted by molar-refractivity contribution is -0.0382. The summed E-state index contributed by atoms with van der Waals surface area (Å²) >= 11 is 3.14. The van der Waals surface area contributed by atoms with Crippen LogP contribution >= 0.6 is 23.1 Å². The maximum Gasteiger partial charge on any atom is 0.290 e. The number of benzene rings is 1. The Bertz CT molecular complexity index is 980. The Hall–Kier alpha value is -1.90. The highest BCUT2D eigenvalue weighted by Crippen LogP contribution is 2.34. The van der Waals surface area contributed by atoms with Crippen LogP contribution in [0.2, 0.25) is 0 Å². The maximum absolute atomic E-state index is 13.4. The van der Waals surface area contributed by atoms with E-state index in [1.54, 1.807) is 23.1 Å². The van der Waals surface area contributed by atoms with Crippen molar-refractivity contribution in [3.63, 3.8) is 0 Å². The third kappa shape index (κ3) is 3.61. The zero-order valence-electron chi connectivity index (χ0n) is 15.5. The smallest absolute Gasteiger partial charge is 0.290 e. The first-order chi connectivity index (χ1) is 13.0. The van der Waals surface area contributed by atoms with Crippen LogP contribution in [0.5, 0.6) is 0 Å². The van der Waals surface area contributed by atoms with Crippen molar-refractivity contribution >= 4 is 40.0 Å². The number of morpholine rings is 1. The van der Waals surface area contributed by atoms with E-state index < -0.39 is 0 Å². The van der Waals surface area contributed by atoms with Gasteiger partial charge in [0, 0.05) is 23.2 Å².